The normalized spacial score (nSPS) is 37.7. The SMILES string of the molecule is C=C1CC[C@H](OC(=O)C2(C)COC(=O)OC2CC)C/C1=C/C=C1\CCC[C@]2(C)C([C@H](C)/C=C/[C@H](C)C(C)C)CC[C@@H]12. The third kappa shape index (κ3) is 6.70. The third-order valence-corrected chi connectivity index (χ3v) is 11.2. The van der Waals surface area contributed by atoms with Crippen LogP contribution in [0.3, 0.4) is 0 Å². The highest BCUT2D eigenvalue weighted by molar-refractivity contribution is 5.79. The average molecular weight is 567 g/mol. The van der Waals surface area contributed by atoms with Gasteiger partial charge >= 0.3 is 12.1 Å². The molecular weight excluding hydrogens is 512 g/mol. The van der Waals surface area contributed by atoms with E-state index in [2.05, 4.69) is 65.5 Å². The van der Waals surface area contributed by atoms with Gasteiger partial charge in [-0.1, -0.05) is 83.6 Å². The topological polar surface area (TPSA) is 61.8 Å². The second-order valence-electron chi connectivity index (χ2n) is 14.2. The third-order valence-electron chi connectivity index (χ3n) is 11.2. The summed E-state index contributed by atoms with van der Waals surface area (Å²) in [6, 6.07) is 0. The number of carbonyl (C=O) groups is 2. The quantitative estimate of drug-likeness (QED) is 0.216. The van der Waals surface area contributed by atoms with E-state index in [0.717, 1.165) is 24.3 Å². The fourth-order valence-electron chi connectivity index (χ4n) is 7.92. The lowest BCUT2D eigenvalue weighted by atomic mass is 9.61. The van der Waals surface area contributed by atoms with Crippen LogP contribution in [0.25, 0.3) is 0 Å². The zero-order valence-electron chi connectivity index (χ0n) is 26.7. The van der Waals surface area contributed by atoms with Gasteiger partial charge in [0.05, 0.1) is 0 Å². The zero-order valence-corrected chi connectivity index (χ0v) is 26.7. The van der Waals surface area contributed by atoms with E-state index < -0.39 is 17.7 Å². The van der Waals surface area contributed by atoms with Crippen LogP contribution in [0.4, 0.5) is 4.79 Å². The van der Waals surface area contributed by atoms with Gasteiger partial charge in [-0.2, -0.15) is 0 Å². The van der Waals surface area contributed by atoms with Crippen LogP contribution in [0.5, 0.6) is 0 Å². The molecule has 1 aliphatic heterocycles. The molecule has 0 aromatic rings. The molecule has 1 heterocycles. The molecule has 1 saturated heterocycles. The number of allylic oxidation sites excluding steroid dienone is 6. The van der Waals surface area contributed by atoms with Gasteiger partial charge in [-0.05, 0) is 98.9 Å². The van der Waals surface area contributed by atoms with Gasteiger partial charge in [0.15, 0.2) is 0 Å². The first-order valence-electron chi connectivity index (χ1n) is 16.2. The van der Waals surface area contributed by atoms with E-state index in [4.69, 9.17) is 14.2 Å². The van der Waals surface area contributed by atoms with Crippen LogP contribution in [0.1, 0.15) is 106 Å². The van der Waals surface area contributed by atoms with Crippen molar-refractivity contribution >= 4 is 12.1 Å². The number of esters is 1. The zero-order chi connectivity index (χ0) is 29.9. The van der Waals surface area contributed by atoms with Crippen molar-refractivity contribution < 1.29 is 23.8 Å². The van der Waals surface area contributed by atoms with Crippen molar-refractivity contribution in [3.8, 4) is 0 Å². The minimum absolute atomic E-state index is 0.0102. The maximum absolute atomic E-state index is 13.3. The molecule has 5 nitrogen and oxygen atoms in total. The highest BCUT2D eigenvalue weighted by Crippen LogP contribution is 2.59. The number of cyclic esters (lactones) is 2. The van der Waals surface area contributed by atoms with Crippen molar-refractivity contribution in [1.82, 2.24) is 0 Å². The van der Waals surface area contributed by atoms with Crippen molar-refractivity contribution in [2.45, 2.75) is 118 Å². The molecule has 4 rings (SSSR count). The van der Waals surface area contributed by atoms with E-state index >= 15 is 0 Å². The van der Waals surface area contributed by atoms with Crippen LogP contribution in [-0.2, 0) is 19.0 Å². The van der Waals surface area contributed by atoms with Gasteiger partial charge in [0, 0.05) is 6.42 Å². The Morgan fingerprint density at radius 3 is 2.56 bits per heavy atom. The van der Waals surface area contributed by atoms with Crippen molar-refractivity contribution in [2.75, 3.05) is 6.61 Å². The molecule has 3 saturated carbocycles. The maximum Gasteiger partial charge on any atom is 0.508 e. The Morgan fingerprint density at radius 1 is 1.10 bits per heavy atom. The second-order valence-corrected chi connectivity index (χ2v) is 14.2. The van der Waals surface area contributed by atoms with Crippen LogP contribution in [0.15, 0.2) is 47.6 Å². The molecule has 0 aromatic carbocycles. The maximum atomic E-state index is 13.3. The summed E-state index contributed by atoms with van der Waals surface area (Å²) in [4.78, 5) is 24.9. The Bertz CT molecular complexity index is 1080. The lowest BCUT2D eigenvalue weighted by Crippen LogP contribution is -2.51. The van der Waals surface area contributed by atoms with Crippen LogP contribution < -0.4 is 0 Å². The molecule has 0 spiro atoms. The fourth-order valence-corrected chi connectivity index (χ4v) is 7.92. The molecule has 3 aliphatic carbocycles. The van der Waals surface area contributed by atoms with E-state index in [1.807, 2.05) is 6.92 Å². The lowest BCUT2D eigenvalue weighted by molar-refractivity contribution is -0.182. The number of carbonyl (C=O) groups excluding carboxylic acids is 2. The first-order valence-corrected chi connectivity index (χ1v) is 16.2. The molecule has 0 bridgehead atoms. The largest absolute Gasteiger partial charge is 0.508 e. The summed E-state index contributed by atoms with van der Waals surface area (Å²) in [5, 5.41) is 0. The molecule has 3 unspecified atom stereocenters. The summed E-state index contributed by atoms with van der Waals surface area (Å²) in [6.07, 6.45) is 17.2. The molecule has 228 valence electrons. The molecule has 0 radical (unpaired) electrons. The van der Waals surface area contributed by atoms with Gasteiger partial charge in [-0.3, -0.25) is 4.79 Å². The monoisotopic (exact) mass is 566 g/mol. The standard InChI is InChI=1S/C36H54O5/c1-9-32-36(8,22-39-34(38)41-32)33(37)40-29-17-14-25(5)28(21-29)16-15-27-11-10-20-35(7)30(18-19-31(27)35)26(6)13-12-24(4)23(2)3/h12-13,15-16,23-24,26,29-32H,5,9-11,14,17-22H2,1-4,6-8H3/b13-12+,27-15+,28-16-/t24-,26+,29-,30?,31-,32?,35+,36?/m0/s1. The van der Waals surface area contributed by atoms with Crippen molar-refractivity contribution in [1.29, 1.82) is 0 Å². The van der Waals surface area contributed by atoms with Gasteiger partial charge in [0.25, 0.3) is 0 Å². The number of rotatable bonds is 8. The smallest absolute Gasteiger partial charge is 0.461 e. The van der Waals surface area contributed by atoms with Crippen LogP contribution >= 0.6 is 0 Å². The highest BCUT2D eigenvalue weighted by Gasteiger charge is 2.51. The summed E-state index contributed by atoms with van der Waals surface area (Å²) in [7, 11) is 0. The molecule has 41 heavy (non-hydrogen) atoms. The van der Waals surface area contributed by atoms with E-state index in [-0.39, 0.29) is 18.7 Å². The lowest BCUT2D eigenvalue weighted by Gasteiger charge is -2.44. The molecule has 0 N–H and O–H groups in total. The summed E-state index contributed by atoms with van der Waals surface area (Å²) >= 11 is 0. The minimum atomic E-state index is -0.992. The Kier molecular flexibility index (Phi) is 9.96. The molecule has 0 aromatic heterocycles. The summed E-state index contributed by atoms with van der Waals surface area (Å²) in [5.41, 5.74) is 3.28. The van der Waals surface area contributed by atoms with Crippen molar-refractivity contribution in [3.05, 3.63) is 47.6 Å². The summed E-state index contributed by atoms with van der Waals surface area (Å²) in [6.45, 7) is 19.9. The molecule has 4 fully saturated rings. The number of ether oxygens (including phenoxy) is 3. The molecule has 8 atom stereocenters. The van der Waals surface area contributed by atoms with E-state index in [9.17, 15) is 9.59 Å². The van der Waals surface area contributed by atoms with Gasteiger partial charge in [0.1, 0.15) is 24.2 Å². The molecule has 4 aliphatic rings. The number of fused-ring (bicyclic) bond motifs is 1. The van der Waals surface area contributed by atoms with E-state index in [1.54, 1.807) is 12.5 Å². The Labute approximate surface area is 248 Å². The van der Waals surface area contributed by atoms with Gasteiger partial charge in [0.2, 0.25) is 0 Å². The van der Waals surface area contributed by atoms with Crippen LogP contribution in [-0.4, -0.2) is 30.9 Å². The second kappa shape index (κ2) is 12.9. The highest BCUT2D eigenvalue weighted by atomic mass is 16.7. The van der Waals surface area contributed by atoms with Crippen molar-refractivity contribution in [3.63, 3.8) is 0 Å². The summed E-state index contributed by atoms with van der Waals surface area (Å²) in [5.74, 6) is 2.92. The van der Waals surface area contributed by atoms with Crippen LogP contribution in [0.2, 0.25) is 0 Å². The molecule has 5 heteroatoms. The Balaban J connectivity index is 1.44. The predicted octanol–water partition coefficient (Wildman–Crippen LogP) is 9.14. The van der Waals surface area contributed by atoms with Gasteiger partial charge < -0.3 is 14.2 Å². The van der Waals surface area contributed by atoms with E-state index in [0.29, 0.717) is 41.9 Å². The van der Waals surface area contributed by atoms with E-state index in [1.165, 1.54) is 37.7 Å². The minimum Gasteiger partial charge on any atom is -0.461 e. The Hall–Kier alpha value is -2.30. The Morgan fingerprint density at radius 2 is 1.85 bits per heavy atom. The van der Waals surface area contributed by atoms with Crippen molar-refractivity contribution in [2.24, 2.45) is 40.4 Å². The fraction of sp³-hybridized carbons (Fsp3) is 0.722. The van der Waals surface area contributed by atoms with Gasteiger partial charge in [-0.15, -0.1) is 0 Å². The first-order chi connectivity index (χ1) is 19.4. The molecule has 0 amide bonds. The van der Waals surface area contributed by atoms with Gasteiger partial charge in [-0.25, -0.2) is 4.79 Å². The first kappa shape index (κ1) is 31.6. The summed E-state index contributed by atoms with van der Waals surface area (Å²) < 4.78 is 16.4. The number of hydrogen-bond acceptors (Lipinski definition) is 5. The predicted molar refractivity (Wildman–Crippen MR) is 164 cm³/mol. The molecular formula is C36H54O5. The average Bonchev–Trinajstić information content (AvgIpc) is 3.30. The number of hydrogen-bond donors (Lipinski definition) is 0. The van der Waals surface area contributed by atoms with Crippen LogP contribution in [0, 0.1) is 40.4 Å².